The summed E-state index contributed by atoms with van der Waals surface area (Å²) in [5, 5.41) is 7.12. The Kier molecular flexibility index (Phi) is 6.18. The summed E-state index contributed by atoms with van der Waals surface area (Å²) in [5.74, 6) is 0. The largest absolute Gasteiger partial charge is 0.456 e. The first-order valence-corrected chi connectivity index (χ1v) is 16.7. The summed E-state index contributed by atoms with van der Waals surface area (Å²) in [6.45, 7) is 0. The Labute approximate surface area is 283 Å². The number of hydrogen-bond donors (Lipinski definition) is 0. The van der Waals surface area contributed by atoms with Crippen LogP contribution in [0.15, 0.2) is 186 Å². The van der Waals surface area contributed by atoms with Crippen molar-refractivity contribution in [3.8, 4) is 16.8 Å². The average Bonchev–Trinajstić information content (AvgIpc) is 3.72. The zero-order valence-electron chi connectivity index (χ0n) is 26.6. The Morgan fingerprint density at radius 3 is 1.80 bits per heavy atom. The van der Waals surface area contributed by atoms with Gasteiger partial charge in [-0.15, -0.1) is 0 Å². The predicted octanol–water partition coefficient (Wildman–Crippen LogP) is 13.0. The lowest BCUT2D eigenvalue weighted by Gasteiger charge is -2.26. The van der Waals surface area contributed by atoms with Crippen LogP contribution in [0.2, 0.25) is 0 Å². The number of anilines is 3. The summed E-state index contributed by atoms with van der Waals surface area (Å²) in [7, 11) is 0. The van der Waals surface area contributed by atoms with E-state index in [0.717, 1.165) is 44.7 Å². The minimum atomic E-state index is 0.886. The molecule has 10 rings (SSSR count). The van der Waals surface area contributed by atoms with E-state index in [9.17, 15) is 0 Å². The molecule has 0 saturated carbocycles. The van der Waals surface area contributed by atoms with Crippen LogP contribution in [0.3, 0.4) is 0 Å². The number of para-hydroxylation sites is 3. The molecule has 230 valence electrons. The van der Waals surface area contributed by atoms with Crippen molar-refractivity contribution < 1.29 is 4.42 Å². The van der Waals surface area contributed by atoms with E-state index >= 15 is 0 Å². The van der Waals surface area contributed by atoms with Crippen LogP contribution >= 0.6 is 0 Å². The Morgan fingerprint density at radius 2 is 0.980 bits per heavy atom. The maximum absolute atomic E-state index is 6.23. The summed E-state index contributed by atoms with van der Waals surface area (Å²) >= 11 is 0. The highest BCUT2D eigenvalue weighted by molar-refractivity contribution is 6.19. The van der Waals surface area contributed by atoms with E-state index < -0.39 is 0 Å². The second-order valence-electron chi connectivity index (χ2n) is 12.6. The third kappa shape index (κ3) is 4.44. The van der Waals surface area contributed by atoms with Crippen molar-refractivity contribution in [2.24, 2.45) is 0 Å². The Bertz CT molecular complexity index is 2810. The summed E-state index contributed by atoms with van der Waals surface area (Å²) in [6.07, 6.45) is 0. The number of furan rings is 1. The first-order chi connectivity index (χ1) is 24.3. The second kappa shape index (κ2) is 11.0. The van der Waals surface area contributed by atoms with E-state index in [1.54, 1.807) is 0 Å². The van der Waals surface area contributed by atoms with Crippen molar-refractivity contribution in [2.75, 3.05) is 4.90 Å². The van der Waals surface area contributed by atoms with Crippen molar-refractivity contribution in [3.63, 3.8) is 0 Å². The molecule has 0 unspecified atom stereocenters. The van der Waals surface area contributed by atoms with E-state index in [2.05, 4.69) is 179 Å². The molecule has 2 aromatic heterocycles. The van der Waals surface area contributed by atoms with E-state index in [-0.39, 0.29) is 0 Å². The van der Waals surface area contributed by atoms with Gasteiger partial charge in [-0.25, -0.2) is 0 Å². The van der Waals surface area contributed by atoms with Crippen molar-refractivity contribution in [1.82, 2.24) is 4.57 Å². The fourth-order valence-electron chi connectivity index (χ4n) is 7.49. The zero-order valence-corrected chi connectivity index (χ0v) is 26.6. The van der Waals surface area contributed by atoms with Crippen LogP contribution in [0.25, 0.3) is 71.3 Å². The summed E-state index contributed by atoms with van der Waals surface area (Å²) in [6, 6.07) is 65.1. The molecule has 0 fully saturated rings. The third-order valence-corrected chi connectivity index (χ3v) is 9.76. The second-order valence-corrected chi connectivity index (χ2v) is 12.6. The lowest BCUT2D eigenvalue weighted by Crippen LogP contribution is -2.10. The van der Waals surface area contributed by atoms with Crippen LogP contribution in [0.5, 0.6) is 0 Å². The van der Waals surface area contributed by atoms with Crippen molar-refractivity contribution in [1.29, 1.82) is 0 Å². The molecule has 0 aliphatic carbocycles. The molecular weight excluding hydrogens is 597 g/mol. The van der Waals surface area contributed by atoms with E-state index in [4.69, 9.17) is 4.42 Å². The van der Waals surface area contributed by atoms with Crippen LogP contribution in [0.1, 0.15) is 0 Å². The summed E-state index contributed by atoms with van der Waals surface area (Å²) in [4.78, 5) is 2.36. The molecule has 0 radical (unpaired) electrons. The molecule has 0 saturated heterocycles. The quantitative estimate of drug-likeness (QED) is 0.190. The standard InChI is InChI=1S/C46H30N2O/c1-3-11-31(12-4-1)32-19-23-35(24-20-32)47(37-26-28-45-42(30-37)39-16-8-10-18-44(39)49-45)36-25-21-33-22-27-40-38-15-7-9-17-43(38)48(46(40)41(33)29-36)34-13-5-2-6-14-34/h1-30H. The Morgan fingerprint density at radius 1 is 0.388 bits per heavy atom. The van der Waals surface area contributed by atoms with Gasteiger partial charge in [-0.05, 0) is 83.2 Å². The molecule has 0 aliphatic rings. The normalized spacial score (nSPS) is 11.7. The van der Waals surface area contributed by atoms with E-state index in [0.29, 0.717) is 0 Å². The number of rotatable bonds is 5. The number of fused-ring (bicyclic) bond motifs is 8. The van der Waals surface area contributed by atoms with Gasteiger partial charge in [0, 0.05) is 49.7 Å². The SMILES string of the molecule is c1ccc(-c2ccc(N(c3ccc4oc5ccccc5c4c3)c3ccc4ccc5c6ccccc6n(-c6ccccc6)c5c4c3)cc2)cc1. The molecular formula is C46H30N2O. The molecule has 10 aromatic rings. The Hall–Kier alpha value is -6.58. The molecule has 0 aliphatic heterocycles. The first kappa shape index (κ1) is 27.5. The molecule has 0 amide bonds. The minimum Gasteiger partial charge on any atom is -0.456 e. The monoisotopic (exact) mass is 626 g/mol. The third-order valence-electron chi connectivity index (χ3n) is 9.76. The van der Waals surface area contributed by atoms with Gasteiger partial charge in [0.15, 0.2) is 0 Å². The van der Waals surface area contributed by atoms with Crippen LogP contribution in [0, 0.1) is 0 Å². The van der Waals surface area contributed by atoms with Crippen molar-refractivity contribution in [3.05, 3.63) is 182 Å². The van der Waals surface area contributed by atoms with Crippen LogP contribution in [-0.4, -0.2) is 4.57 Å². The number of nitrogens with zero attached hydrogens (tertiary/aromatic N) is 2. The zero-order chi connectivity index (χ0) is 32.3. The van der Waals surface area contributed by atoms with Crippen molar-refractivity contribution >= 4 is 71.6 Å². The van der Waals surface area contributed by atoms with Gasteiger partial charge < -0.3 is 13.9 Å². The highest BCUT2D eigenvalue weighted by Crippen LogP contribution is 2.42. The highest BCUT2D eigenvalue weighted by Gasteiger charge is 2.19. The topological polar surface area (TPSA) is 21.3 Å². The number of benzene rings is 8. The fourth-order valence-corrected chi connectivity index (χ4v) is 7.49. The van der Waals surface area contributed by atoms with Gasteiger partial charge in [0.05, 0.1) is 11.0 Å². The van der Waals surface area contributed by atoms with E-state index in [1.165, 1.54) is 43.7 Å². The van der Waals surface area contributed by atoms with Crippen LogP contribution in [-0.2, 0) is 0 Å². The predicted molar refractivity (Wildman–Crippen MR) is 206 cm³/mol. The highest BCUT2D eigenvalue weighted by atomic mass is 16.3. The minimum absolute atomic E-state index is 0.886. The number of hydrogen-bond acceptors (Lipinski definition) is 2. The van der Waals surface area contributed by atoms with Crippen LogP contribution in [0.4, 0.5) is 17.1 Å². The molecule has 49 heavy (non-hydrogen) atoms. The molecule has 3 nitrogen and oxygen atoms in total. The molecule has 3 heteroatoms. The smallest absolute Gasteiger partial charge is 0.135 e. The van der Waals surface area contributed by atoms with Gasteiger partial charge in [-0.3, -0.25) is 0 Å². The molecule has 8 aromatic carbocycles. The molecule has 0 spiro atoms. The summed E-state index contributed by atoms with van der Waals surface area (Å²) in [5.41, 5.74) is 11.0. The molecule has 0 N–H and O–H groups in total. The molecule has 0 bridgehead atoms. The molecule has 2 heterocycles. The van der Waals surface area contributed by atoms with Gasteiger partial charge in [-0.2, -0.15) is 0 Å². The average molecular weight is 627 g/mol. The maximum Gasteiger partial charge on any atom is 0.135 e. The first-order valence-electron chi connectivity index (χ1n) is 16.7. The maximum atomic E-state index is 6.23. The fraction of sp³-hybridized carbons (Fsp3) is 0. The van der Waals surface area contributed by atoms with Gasteiger partial charge in [0.1, 0.15) is 11.2 Å². The number of aromatic nitrogens is 1. The van der Waals surface area contributed by atoms with E-state index in [1.807, 2.05) is 12.1 Å². The van der Waals surface area contributed by atoms with Crippen LogP contribution < -0.4 is 4.90 Å². The van der Waals surface area contributed by atoms with Gasteiger partial charge >= 0.3 is 0 Å². The molecule has 0 atom stereocenters. The van der Waals surface area contributed by atoms with Gasteiger partial charge in [0.2, 0.25) is 0 Å². The lowest BCUT2D eigenvalue weighted by molar-refractivity contribution is 0.669. The van der Waals surface area contributed by atoms with Gasteiger partial charge in [0.25, 0.3) is 0 Å². The van der Waals surface area contributed by atoms with Gasteiger partial charge in [-0.1, -0.05) is 115 Å². The lowest BCUT2D eigenvalue weighted by atomic mass is 10.0. The summed E-state index contributed by atoms with van der Waals surface area (Å²) < 4.78 is 8.65. The Balaban J connectivity index is 1.23. The van der Waals surface area contributed by atoms with Crippen molar-refractivity contribution in [2.45, 2.75) is 0 Å².